The molecule has 11 nitrogen and oxygen atoms in total. The SMILES string of the molecule is C[NH2+][C@H](C(=O)N[C@@H]1C=C(C(=O)N[C@@H](CCS(C)(=O)=O)C(N)=O)C[C@@H](O)[C@@H]1O)C(C)C. The minimum atomic E-state index is -3.37. The van der Waals surface area contributed by atoms with E-state index in [0.29, 0.717) is 0 Å². The van der Waals surface area contributed by atoms with Gasteiger partial charge >= 0.3 is 0 Å². The first kappa shape index (κ1) is 26.0. The predicted octanol–water partition coefficient (Wildman–Crippen LogP) is -3.85. The van der Waals surface area contributed by atoms with Crippen LogP contribution in [0.15, 0.2) is 11.6 Å². The van der Waals surface area contributed by atoms with Gasteiger partial charge in [0.15, 0.2) is 6.04 Å². The quantitative estimate of drug-likeness (QED) is 0.196. The Labute approximate surface area is 176 Å². The van der Waals surface area contributed by atoms with Crippen LogP contribution in [0.3, 0.4) is 0 Å². The zero-order valence-electron chi connectivity index (χ0n) is 17.7. The number of aliphatic hydroxyl groups excluding tert-OH is 2. The molecule has 0 spiro atoms. The minimum Gasteiger partial charge on any atom is -0.390 e. The lowest BCUT2D eigenvalue weighted by atomic mass is 9.89. The lowest BCUT2D eigenvalue weighted by Crippen LogP contribution is -2.90. The molecule has 0 heterocycles. The molecule has 0 saturated heterocycles. The number of aliphatic hydroxyl groups is 2. The van der Waals surface area contributed by atoms with Crippen molar-refractivity contribution in [2.45, 2.75) is 57.0 Å². The van der Waals surface area contributed by atoms with Gasteiger partial charge in [0, 0.05) is 24.2 Å². The second kappa shape index (κ2) is 10.8. The smallest absolute Gasteiger partial charge is 0.279 e. The van der Waals surface area contributed by atoms with Crippen molar-refractivity contribution in [1.82, 2.24) is 10.6 Å². The Balaban J connectivity index is 2.97. The van der Waals surface area contributed by atoms with E-state index in [0.717, 1.165) is 6.26 Å². The fraction of sp³-hybridized carbons (Fsp3) is 0.722. The van der Waals surface area contributed by atoms with E-state index in [1.165, 1.54) is 6.08 Å². The van der Waals surface area contributed by atoms with E-state index in [9.17, 15) is 33.0 Å². The van der Waals surface area contributed by atoms with Gasteiger partial charge in [-0.1, -0.05) is 19.9 Å². The number of likely N-dealkylation sites (N-methyl/N-ethyl adjacent to an activating group) is 1. The molecule has 0 aromatic carbocycles. The Morgan fingerprint density at radius 2 is 1.90 bits per heavy atom. The number of nitrogens with two attached hydrogens (primary N) is 2. The van der Waals surface area contributed by atoms with Gasteiger partial charge in [0.1, 0.15) is 22.0 Å². The van der Waals surface area contributed by atoms with E-state index in [1.54, 1.807) is 12.4 Å². The Kier molecular flexibility index (Phi) is 9.40. The van der Waals surface area contributed by atoms with Crippen LogP contribution in [0.4, 0.5) is 0 Å². The van der Waals surface area contributed by atoms with Gasteiger partial charge in [-0.05, 0) is 6.42 Å². The minimum absolute atomic E-state index is 0.0126. The first-order chi connectivity index (χ1) is 13.8. The molecule has 3 amide bonds. The van der Waals surface area contributed by atoms with E-state index < -0.39 is 52.0 Å². The summed E-state index contributed by atoms with van der Waals surface area (Å²) in [5.74, 6) is -2.32. The van der Waals surface area contributed by atoms with Crippen LogP contribution in [0.1, 0.15) is 26.7 Å². The summed E-state index contributed by atoms with van der Waals surface area (Å²) in [6, 6.07) is -2.64. The normalized spacial score (nSPS) is 24.0. The van der Waals surface area contributed by atoms with Crippen molar-refractivity contribution in [3.8, 4) is 0 Å². The molecule has 30 heavy (non-hydrogen) atoms. The van der Waals surface area contributed by atoms with Gasteiger partial charge in [0.2, 0.25) is 11.8 Å². The van der Waals surface area contributed by atoms with Gasteiger partial charge in [0.05, 0.1) is 24.9 Å². The lowest BCUT2D eigenvalue weighted by molar-refractivity contribution is -0.656. The molecule has 0 aromatic rings. The number of hydrogen-bond donors (Lipinski definition) is 6. The molecule has 0 aromatic heterocycles. The molecule has 172 valence electrons. The zero-order valence-corrected chi connectivity index (χ0v) is 18.5. The standard InChI is InChI=1S/C18H32N4O7S/c1-9(2)14(20-3)18(27)22-12-7-10(8-13(23)15(12)24)17(26)21-11(16(19)25)5-6-30(4,28)29/h7,9,11-15,20,23-24H,5-6,8H2,1-4H3,(H2,19,25)(H,21,26)(H,22,27)/p+1/t11-,12+,13+,14-,15+/m0/s1. The van der Waals surface area contributed by atoms with Crippen molar-refractivity contribution in [2.75, 3.05) is 19.1 Å². The number of nitrogens with one attached hydrogen (secondary N) is 2. The number of primary amides is 1. The molecule has 5 atom stereocenters. The molecule has 0 saturated carbocycles. The zero-order chi connectivity index (χ0) is 23.2. The van der Waals surface area contributed by atoms with Crippen molar-refractivity contribution in [3.63, 3.8) is 0 Å². The average Bonchev–Trinajstić information content (AvgIpc) is 2.61. The second-order valence-electron chi connectivity index (χ2n) is 7.94. The number of rotatable bonds is 10. The second-order valence-corrected chi connectivity index (χ2v) is 10.2. The van der Waals surface area contributed by atoms with Crippen LogP contribution < -0.4 is 21.7 Å². The molecule has 0 radical (unpaired) electrons. The van der Waals surface area contributed by atoms with Crippen LogP contribution >= 0.6 is 0 Å². The van der Waals surface area contributed by atoms with Crippen molar-refractivity contribution < 1.29 is 38.3 Å². The summed E-state index contributed by atoms with van der Waals surface area (Å²) in [5, 5.41) is 27.1. The summed E-state index contributed by atoms with van der Waals surface area (Å²) >= 11 is 0. The molecular weight excluding hydrogens is 416 g/mol. The van der Waals surface area contributed by atoms with Crippen molar-refractivity contribution in [3.05, 3.63) is 11.6 Å². The first-order valence-electron chi connectivity index (χ1n) is 9.71. The Bertz CT molecular complexity index is 781. The highest BCUT2D eigenvalue weighted by atomic mass is 32.2. The summed E-state index contributed by atoms with van der Waals surface area (Å²) in [6.45, 7) is 3.73. The number of carbonyl (C=O) groups is 3. The maximum atomic E-state index is 12.6. The largest absolute Gasteiger partial charge is 0.390 e. The fourth-order valence-electron chi connectivity index (χ4n) is 3.23. The number of hydrogen-bond acceptors (Lipinski definition) is 7. The summed E-state index contributed by atoms with van der Waals surface area (Å²) in [5.41, 5.74) is 5.29. The van der Waals surface area contributed by atoms with Crippen molar-refractivity contribution >= 4 is 27.6 Å². The molecular formula is C18H33N4O7S+. The summed E-state index contributed by atoms with van der Waals surface area (Å²) in [7, 11) is -1.63. The molecule has 0 bridgehead atoms. The topological polar surface area (TPSA) is 192 Å². The lowest BCUT2D eigenvalue weighted by Gasteiger charge is -2.32. The first-order valence-corrected chi connectivity index (χ1v) is 11.8. The van der Waals surface area contributed by atoms with Crippen LogP contribution in [-0.4, -0.2) is 85.7 Å². The van der Waals surface area contributed by atoms with Gasteiger partial charge in [-0.2, -0.15) is 0 Å². The van der Waals surface area contributed by atoms with Gasteiger partial charge in [-0.15, -0.1) is 0 Å². The summed E-state index contributed by atoms with van der Waals surface area (Å²) < 4.78 is 22.6. The average molecular weight is 450 g/mol. The monoisotopic (exact) mass is 449 g/mol. The number of quaternary nitrogens is 1. The van der Waals surface area contributed by atoms with Crippen LogP contribution in [0.5, 0.6) is 0 Å². The highest BCUT2D eigenvalue weighted by molar-refractivity contribution is 7.90. The third kappa shape index (κ3) is 7.67. The van der Waals surface area contributed by atoms with E-state index >= 15 is 0 Å². The number of amides is 3. The predicted molar refractivity (Wildman–Crippen MR) is 109 cm³/mol. The molecule has 0 unspecified atom stereocenters. The van der Waals surface area contributed by atoms with Gasteiger partial charge < -0.3 is 31.9 Å². The van der Waals surface area contributed by atoms with Crippen molar-refractivity contribution in [2.24, 2.45) is 11.7 Å². The van der Waals surface area contributed by atoms with Crippen LogP contribution in [-0.2, 0) is 24.2 Å². The van der Waals surface area contributed by atoms with Crippen LogP contribution in [0.2, 0.25) is 0 Å². The maximum absolute atomic E-state index is 12.6. The molecule has 0 aliphatic heterocycles. The Morgan fingerprint density at radius 1 is 1.30 bits per heavy atom. The Hall–Kier alpha value is -2.02. The highest BCUT2D eigenvalue weighted by Crippen LogP contribution is 2.20. The molecule has 12 heteroatoms. The van der Waals surface area contributed by atoms with Gasteiger partial charge in [-0.25, -0.2) is 8.42 Å². The maximum Gasteiger partial charge on any atom is 0.279 e. The van der Waals surface area contributed by atoms with Gasteiger partial charge in [0.25, 0.3) is 5.91 Å². The third-order valence-corrected chi connectivity index (χ3v) is 5.96. The third-order valence-electron chi connectivity index (χ3n) is 4.98. The molecule has 1 aliphatic rings. The number of sulfone groups is 1. The molecule has 1 aliphatic carbocycles. The van der Waals surface area contributed by atoms with Crippen LogP contribution in [0, 0.1) is 5.92 Å². The Morgan fingerprint density at radius 3 is 2.37 bits per heavy atom. The summed E-state index contributed by atoms with van der Waals surface area (Å²) in [6.07, 6.45) is -0.697. The van der Waals surface area contributed by atoms with E-state index in [-0.39, 0.29) is 36.0 Å². The number of carbonyl (C=O) groups excluding carboxylic acids is 3. The highest BCUT2D eigenvalue weighted by Gasteiger charge is 2.36. The van der Waals surface area contributed by atoms with E-state index in [4.69, 9.17) is 5.73 Å². The fourth-order valence-corrected chi connectivity index (χ4v) is 3.90. The van der Waals surface area contributed by atoms with Crippen molar-refractivity contribution in [1.29, 1.82) is 0 Å². The van der Waals surface area contributed by atoms with E-state index in [2.05, 4.69) is 10.6 Å². The molecule has 1 rings (SSSR count). The van der Waals surface area contributed by atoms with E-state index in [1.807, 2.05) is 13.8 Å². The molecule has 8 N–H and O–H groups in total. The van der Waals surface area contributed by atoms with Crippen LogP contribution in [0.25, 0.3) is 0 Å². The molecule has 0 fully saturated rings. The van der Waals surface area contributed by atoms with Gasteiger partial charge in [-0.3, -0.25) is 14.4 Å². The summed E-state index contributed by atoms with van der Waals surface area (Å²) in [4.78, 5) is 36.6.